The van der Waals surface area contributed by atoms with Gasteiger partial charge in [0.2, 0.25) is 5.91 Å². The summed E-state index contributed by atoms with van der Waals surface area (Å²) in [6.45, 7) is 0. The second-order valence-corrected chi connectivity index (χ2v) is 5.88. The molecule has 0 radical (unpaired) electrons. The van der Waals surface area contributed by atoms with Crippen LogP contribution in [-0.2, 0) is 19.7 Å². The van der Waals surface area contributed by atoms with Crippen molar-refractivity contribution in [1.29, 1.82) is 0 Å². The van der Waals surface area contributed by atoms with Crippen molar-refractivity contribution in [2.75, 3.05) is 4.90 Å². The minimum absolute atomic E-state index is 0.335. The topological polar surface area (TPSA) is 149 Å². The highest BCUT2D eigenvalue weighted by molar-refractivity contribution is 7.87. The Morgan fingerprint density at radius 1 is 1.29 bits per heavy atom. The zero-order chi connectivity index (χ0) is 15.9. The molecule has 1 saturated heterocycles. The number of hydrogen-bond acceptors (Lipinski definition) is 6. The zero-order valence-corrected chi connectivity index (χ0v) is 11.1. The minimum atomic E-state index is -4.79. The van der Waals surface area contributed by atoms with E-state index < -0.39 is 56.6 Å². The van der Waals surface area contributed by atoms with Gasteiger partial charge >= 0.3 is 5.97 Å². The van der Waals surface area contributed by atoms with Crippen LogP contribution < -0.4 is 4.90 Å². The fourth-order valence-electron chi connectivity index (χ4n) is 1.98. The molecule has 1 atom stereocenters. The van der Waals surface area contributed by atoms with Gasteiger partial charge in [0.1, 0.15) is 5.75 Å². The van der Waals surface area contributed by atoms with Gasteiger partial charge in [-0.25, -0.2) is 9.69 Å². The lowest BCUT2D eigenvalue weighted by Crippen LogP contribution is -2.35. The molecular weight excluding hydrogens is 306 g/mol. The van der Waals surface area contributed by atoms with Crippen LogP contribution in [0.1, 0.15) is 16.8 Å². The van der Waals surface area contributed by atoms with Crippen molar-refractivity contribution in [1.82, 2.24) is 0 Å². The predicted octanol–water partition coefficient (Wildman–Crippen LogP) is -0.390. The molecule has 3 N–H and O–H groups in total. The molecule has 1 aromatic rings. The number of carboxylic acid groups (broad SMARTS) is 1. The molecule has 0 saturated carbocycles. The van der Waals surface area contributed by atoms with Crippen LogP contribution in [0.4, 0.5) is 5.69 Å². The Morgan fingerprint density at radius 3 is 2.38 bits per heavy atom. The summed E-state index contributed by atoms with van der Waals surface area (Å²) in [5.74, 6) is -4.14. The van der Waals surface area contributed by atoms with Crippen LogP contribution in [0.3, 0.4) is 0 Å². The molecular formula is C11H9NO8S. The first-order valence-corrected chi connectivity index (χ1v) is 7.02. The van der Waals surface area contributed by atoms with Crippen molar-refractivity contribution in [2.24, 2.45) is 0 Å². The number of amides is 2. The SMILES string of the molecule is O=C(O)c1ccc(O)cc1N1C(=O)CC(S(=O)(=O)O)C1=O. The van der Waals surface area contributed by atoms with Crippen molar-refractivity contribution >= 4 is 33.6 Å². The number of carbonyl (C=O) groups excluding carboxylic acids is 2. The minimum Gasteiger partial charge on any atom is -0.508 e. The number of phenolic OH excluding ortho intramolecular Hbond substituents is 1. The lowest BCUT2D eigenvalue weighted by molar-refractivity contribution is -0.121. The highest BCUT2D eigenvalue weighted by Gasteiger charge is 2.47. The van der Waals surface area contributed by atoms with E-state index in [4.69, 9.17) is 9.66 Å². The molecule has 1 aliphatic heterocycles. The van der Waals surface area contributed by atoms with Crippen molar-refractivity contribution in [3.8, 4) is 5.75 Å². The summed E-state index contributed by atoms with van der Waals surface area (Å²) in [4.78, 5) is 35.1. The van der Waals surface area contributed by atoms with E-state index in [0.717, 1.165) is 18.2 Å². The Hall–Kier alpha value is -2.46. The number of aromatic carboxylic acids is 1. The third-order valence-electron chi connectivity index (χ3n) is 2.92. The number of phenols is 1. The summed E-state index contributed by atoms with van der Waals surface area (Å²) < 4.78 is 31.0. The van der Waals surface area contributed by atoms with Crippen LogP contribution in [0.2, 0.25) is 0 Å². The van der Waals surface area contributed by atoms with Crippen LogP contribution in [0.5, 0.6) is 5.75 Å². The van der Waals surface area contributed by atoms with Crippen LogP contribution in [0.15, 0.2) is 18.2 Å². The normalized spacial score (nSPS) is 19.1. The van der Waals surface area contributed by atoms with E-state index in [1.54, 1.807) is 0 Å². The molecule has 1 unspecified atom stereocenters. The Labute approximate surface area is 118 Å². The molecule has 0 aromatic heterocycles. The number of hydrogen-bond donors (Lipinski definition) is 3. The Kier molecular flexibility index (Phi) is 3.43. The Bertz CT molecular complexity index is 753. The van der Waals surface area contributed by atoms with E-state index in [1.807, 2.05) is 0 Å². The van der Waals surface area contributed by atoms with Gasteiger partial charge in [0.15, 0.2) is 5.25 Å². The summed E-state index contributed by atoms with van der Waals surface area (Å²) in [5.41, 5.74) is -0.922. The molecule has 1 aromatic carbocycles. The molecule has 112 valence electrons. The van der Waals surface area contributed by atoms with Gasteiger partial charge in [0.25, 0.3) is 16.0 Å². The molecule has 10 heteroatoms. The number of aromatic hydroxyl groups is 1. The third-order valence-corrected chi connectivity index (χ3v) is 4.00. The quantitative estimate of drug-likeness (QED) is 0.504. The standard InChI is InChI=1S/C11H9NO8S/c13-5-1-2-6(11(16)17)7(3-5)12-9(14)4-8(10(12)15)21(18,19)20/h1-3,8,13H,4H2,(H,16,17)(H,18,19,20). The van der Waals surface area contributed by atoms with Crippen molar-refractivity contribution < 1.29 is 37.6 Å². The van der Waals surface area contributed by atoms with E-state index in [0.29, 0.717) is 4.90 Å². The van der Waals surface area contributed by atoms with Crippen molar-refractivity contribution in [2.45, 2.75) is 11.7 Å². The van der Waals surface area contributed by atoms with E-state index >= 15 is 0 Å². The number of rotatable bonds is 3. The Morgan fingerprint density at radius 2 is 1.90 bits per heavy atom. The van der Waals surface area contributed by atoms with Crippen LogP contribution in [0.25, 0.3) is 0 Å². The number of benzene rings is 1. The highest BCUT2D eigenvalue weighted by Crippen LogP contribution is 2.31. The molecule has 0 spiro atoms. The molecule has 9 nitrogen and oxygen atoms in total. The molecule has 0 aliphatic carbocycles. The molecule has 1 heterocycles. The average Bonchev–Trinajstić information content (AvgIpc) is 2.64. The molecule has 21 heavy (non-hydrogen) atoms. The number of carbonyl (C=O) groups is 3. The van der Waals surface area contributed by atoms with Crippen LogP contribution in [-0.4, -0.2) is 46.2 Å². The smallest absolute Gasteiger partial charge is 0.337 e. The van der Waals surface area contributed by atoms with Crippen LogP contribution in [0, 0.1) is 0 Å². The first-order valence-electron chi connectivity index (χ1n) is 5.52. The first-order chi connectivity index (χ1) is 9.62. The highest BCUT2D eigenvalue weighted by atomic mass is 32.2. The summed E-state index contributed by atoms with van der Waals surface area (Å²) in [6, 6.07) is 2.86. The molecule has 1 aliphatic rings. The molecule has 0 bridgehead atoms. The van der Waals surface area contributed by atoms with E-state index in [2.05, 4.69) is 0 Å². The zero-order valence-electron chi connectivity index (χ0n) is 10.3. The van der Waals surface area contributed by atoms with Gasteiger partial charge in [-0.2, -0.15) is 8.42 Å². The maximum atomic E-state index is 11.9. The monoisotopic (exact) mass is 315 g/mol. The van der Waals surface area contributed by atoms with E-state index in [1.165, 1.54) is 0 Å². The van der Waals surface area contributed by atoms with Crippen molar-refractivity contribution in [3.05, 3.63) is 23.8 Å². The summed E-state index contributed by atoms with van der Waals surface area (Å²) in [7, 11) is -4.79. The molecule has 1 fully saturated rings. The maximum Gasteiger partial charge on any atom is 0.337 e. The Balaban J connectivity index is 2.57. The second-order valence-electron chi connectivity index (χ2n) is 4.28. The number of carboxylic acids is 1. The third kappa shape index (κ3) is 2.58. The van der Waals surface area contributed by atoms with Crippen molar-refractivity contribution in [3.63, 3.8) is 0 Å². The van der Waals surface area contributed by atoms with Gasteiger partial charge < -0.3 is 10.2 Å². The van der Waals surface area contributed by atoms with Gasteiger partial charge in [-0.3, -0.25) is 14.1 Å². The lowest BCUT2D eigenvalue weighted by atomic mass is 10.1. The summed E-state index contributed by atoms with van der Waals surface area (Å²) >= 11 is 0. The van der Waals surface area contributed by atoms with Gasteiger partial charge in [0, 0.05) is 6.07 Å². The largest absolute Gasteiger partial charge is 0.508 e. The van der Waals surface area contributed by atoms with Crippen LogP contribution >= 0.6 is 0 Å². The van der Waals surface area contributed by atoms with Gasteiger partial charge in [-0.15, -0.1) is 0 Å². The predicted molar refractivity (Wildman–Crippen MR) is 67.5 cm³/mol. The molecule has 2 amide bonds. The summed E-state index contributed by atoms with van der Waals surface area (Å²) in [6.07, 6.45) is -0.799. The van der Waals surface area contributed by atoms with E-state index in [9.17, 15) is 27.9 Å². The summed E-state index contributed by atoms with van der Waals surface area (Å²) in [5, 5.41) is 16.4. The van der Waals surface area contributed by atoms with Gasteiger partial charge in [-0.05, 0) is 12.1 Å². The van der Waals surface area contributed by atoms with E-state index in [-0.39, 0.29) is 0 Å². The first kappa shape index (κ1) is 14.9. The van der Waals surface area contributed by atoms with Gasteiger partial charge in [0.05, 0.1) is 17.7 Å². The number of anilines is 1. The lowest BCUT2D eigenvalue weighted by Gasteiger charge is -2.17. The fourth-order valence-corrected chi connectivity index (χ4v) is 2.69. The average molecular weight is 315 g/mol. The number of imide groups is 1. The fraction of sp³-hybridized carbons (Fsp3) is 0.182. The van der Waals surface area contributed by atoms with Gasteiger partial charge in [-0.1, -0.05) is 0 Å². The molecule has 2 rings (SSSR count). The number of nitrogens with zero attached hydrogens (tertiary/aromatic N) is 1. The second kappa shape index (κ2) is 4.82. The maximum absolute atomic E-state index is 11.9.